The Morgan fingerprint density at radius 3 is 3.00 bits per heavy atom. The molecule has 0 spiro atoms. The highest BCUT2D eigenvalue weighted by molar-refractivity contribution is 7.19. The van der Waals surface area contributed by atoms with Gasteiger partial charge in [-0.25, -0.2) is 18.7 Å². The summed E-state index contributed by atoms with van der Waals surface area (Å²) in [5, 5.41) is 8.43. The van der Waals surface area contributed by atoms with E-state index >= 15 is 0 Å². The Morgan fingerprint density at radius 1 is 1.32 bits per heavy atom. The van der Waals surface area contributed by atoms with Crippen molar-refractivity contribution in [2.24, 2.45) is 5.92 Å². The first-order valence-corrected chi connectivity index (χ1v) is 12.5. The van der Waals surface area contributed by atoms with Gasteiger partial charge in [-0.1, -0.05) is 4.49 Å². The summed E-state index contributed by atoms with van der Waals surface area (Å²) >= 11 is 2.84. The van der Waals surface area contributed by atoms with Gasteiger partial charge >= 0.3 is 0 Å². The molecule has 0 unspecified atom stereocenters. The van der Waals surface area contributed by atoms with Crippen LogP contribution < -0.4 is 10.1 Å². The number of benzene rings is 1. The second-order valence-electron chi connectivity index (χ2n) is 8.63. The molecule has 6 rings (SSSR count). The predicted molar refractivity (Wildman–Crippen MR) is 126 cm³/mol. The first-order chi connectivity index (χ1) is 16.4. The van der Waals surface area contributed by atoms with Crippen molar-refractivity contribution in [2.45, 2.75) is 31.6 Å². The summed E-state index contributed by atoms with van der Waals surface area (Å²) in [5.74, 6) is -1.92. The molecule has 2 aliphatic rings. The van der Waals surface area contributed by atoms with Crippen molar-refractivity contribution in [2.75, 3.05) is 25.5 Å². The second-order valence-corrected chi connectivity index (χ2v) is 10.5. The Labute approximate surface area is 201 Å². The number of methoxy groups -OCH3 is 1. The van der Waals surface area contributed by atoms with Gasteiger partial charge in [0.2, 0.25) is 5.91 Å². The topological polar surface area (TPSA) is 93.1 Å². The molecule has 1 atom stereocenters. The number of rotatable bonds is 4. The van der Waals surface area contributed by atoms with E-state index in [0.29, 0.717) is 30.8 Å². The molecule has 1 amide bonds. The monoisotopic (exact) mass is 502 g/mol. The summed E-state index contributed by atoms with van der Waals surface area (Å²) in [6.45, 7) is -0.342. The van der Waals surface area contributed by atoms with E-state index in [1.807, 2.05) is 12.1 Å². The van der Waals surface area contributed by atoms with Gasteiger partial charge < -0.3 is 15.0 Å². The SMILES string of the molecule is COc1cc2nnsc2cc1Nc1ncnc2sc3c(c12)CC[C@H](C(=O)N1CCC(F)(F)C1)C3. The normalized spacial score (nSPS) is 19.5. The molecular weight excluding hydrogens is 482 g/mol. The zero-order valence-corrected chi connectivity index (χ0v) is 19.8. The van der Waals surface area contributed by atoms with Crippen LogP contribution in [0, 0.1) is 5.92 Å². The van der Waals surface area contributed by atoms with Gasteiger partial charge in [0.1, 0.15) is 28.2 Å². The third-order valence-corrected chi connectivity index (χ3v) is 8.35. The molecule has 1 aromatic carbocycles. The molecule has 0 radical (unpaired) electrons. The number of fused-ring (bicyclic) bond motifs is 4. The molecule has 1 saturated heterocycles. The molecule has 0 bridgehead atoms. The number of anilines is 2. The summed E-state index contributed by atoms with van der Waals surface area (Å²) in [5.41, 5.74) is 2.64. The minimum absolute atomic E-state index is 0.128. The Morgan fingerprint density at radius 2 is 2.21 bits per heavy atom. The lowest BCUT2D eigenvalue weighted by molar-refractivity contribution is -0.136. The molecule has 1 aliphatic heterocycles. The van der Waals surface area contributed by atoms with Gasteiger partial charge in [-0.2, -0.15) is 0 Å². The van der Waals surface area contributed by atoms with E-state index in [1.54, 1.807) is 18.4 Å². The Bertz CT molecular complexity index is 1420. The van der Waals surface area contributed by atoms with Crippen molar-refractivity contribution in [1.29, 1.82) is 0 Å². The van der Waals surface area contributed by atoms with Gasteiger partial charge in [0.15, 0.2) is 0 Å². The predicted octanol–water partition coefficient (Wildman–Crippen LogP) is 4.42. The van der Waals surface area contributed by atoms with Gasteiger partial charge in [-0.15, -0.1) is 16.4 Å². The highest BCUT2D eigenvalue weighted by Crippen LogP contribution is 2.42. The number of nitrogens with one attached hydrogen (secondary N) is 1. The number of aromatic nitrogens is 4. The van der Waals surface area contributed by atoms with Gasteiger partial charge in [0.05, 0.1) is 29.4 Å². The lowest BCUT2D eigenvalue weighted by Gasteiger charge is -2.26. The largest absolute Gasteiger partial charge is 0.494 e. The molecular formula is C22H20F2N6O2S2. The van der Waals surface area contributed by atoms with Crippen molar-refractivity contribution in [3.05, 3.63) is 28.9 Å². The fraction of sp³-hybridized carbons (Fsp3) is 0.409. The molecule has 3 aromatic heterocycles. The Hall–Kier alpha value is -2.99. The second kappa shape index (κ2) is 8.05. The van der Waals surface area contributed by atoms with Crippen molar-refractivity contribution in [3.63, 3.8) is 0 Å². The standard InChI is InChI=1S/C22H20F2N6O2S2/c1-32-15-7-14-17(34-29-28-14)8-13(15)27-19-18-12-3-2-11(6-16(12)33-20(18)26-10-25-19)21(31)30-5-4-22(23,24)9-30/h7-8,10-11H,2-6,9H2,1H3,(H,25,26,27)/t11-/m0/s1. The lowest BCUT2D eigenvalue weighted by atomic mass is 9.87. The van der Waals surface area contributed by atoms with E-state index in [2.05, 4.69) is 24.9 Å². The fourth-order valence-electron chi connectivity index (χ4n) is 4.80. The summed E-state index contributed by atoms with van der Waals surface area (Å²) in [7, 11) is 1.60. The minimum atomic E-state index is -2.78. The molecule has 4 aromatic rings. The lowest BCUT2D eigenvalue weighted by Crippen LogP contribution is -2.38. The highest BCUT2D eigenvalue weighted by Gasteiger charge is 2.42. The molecule has 176 valence electrons. The number of amides is 1. The van der Waals surface area contributed by atoms with E-state index in [0.717, 1.165) is 36.6 Å². The molecule has 12 heteroatoms. The van der Waals surface area contributed by atoms with Crippen LogP contribution >= 0.6 is 22.9 Å². The number of ether oxygens (including phenoxy) is 1. The average Bonchev–Trinajstić information content (AvgIpc) is 3.53. The molecule has 0 saturated carbocycles. The fourth-order valence-corrected chi connectivity index (χ4v) is 6.65. The number of halogens is 2. The van der Waals surface area contributed by atoms with Crippen LogP contribution in [0.15, 0.2) is 18.5 Å². The van der Waals surface area contributed by atoms with Gasteiger partial charge in [0, 0.05) is 29.8 Å². The Balaban J connectivity index is 1.31. The molecule has 8 nitrogen and oxygen atoms in total. The summed E-state index contributed by atoms with van der Waals surface area (Å²) < 4.78 is 37.7. The van der Waals surface area contributed by atoms with Crippen LogP contribution in [0.25, 0.3) is 20.4 Å². The maximum atomic E-state index is 13.6. The maximum absolute atomic E-state index is 13.6. The number of carbonyl (C=O) groups is 1. The van der Waals surface area contributed by atoms with Crippen LogP contribution in [0.2, 0.25) is 0 Å². The van der Waals surface area contributed by atoms with E-state index in [9.17, 15) is 13.6 Å². The molecule has 1 aliphatic carbocycles. The van der Waals surface area contributed by atoms with E-state index in [1.165, 1.54) is 22.8 Å². The van der Waals surface area contributed by atoms with Crippen LogP contribution in [0.3, 0.4) is 0 Å². The smallest absolute Gasteiger partial charge is 0.267 e. The number of aryl methyl sites for hydroxylation is 1. The van der Waals surface area contributed by atoms with Crippen molar-refractivity contribution >= 4 is 60.7 Å². The van der Waals surface area contributed by atoms with Crippen molar-refractivity contribution < 1.29 is 18.3 Å². The quantitative estimate of drug-likeness (QED) is 0.442. The maximum Gasteiger partial charge on any atom is 0.267 e. The number of hydrogen-bond acceptors (Lipinski definition) is 9. The van der Waals surface area contributed by atoms with Crippen LogP contribution in [0.5, 0.6) is 5.75 Å². The van der Waals surface area contributed by atoms with Gasteiger partial charge in [-0.05, 0) is 42.4 Å². The van der Waals surface area contributed by atoms with Crippen LogP contribution in [-0.4, -0.2) is 56.5 Å². The molecule has 4 heterocycles. The van der Waals surface area contributed by atoms with E-state index in [-0.39, 0.29) is 24.8 Å². The number of alkyl halides is 2. The third kappa shape index (κ3) is 3.65. The zero-order chi connectivity index (χ0) is 23.4. The third-order valence-electron chi connectivity index (χ3n) is 6.50. The van der Waals surface area contributed by atoms with Gasteiger partial charge in [0.25, 0.3) is 5.92 Å². The minimum Gasteiger partial charge on any atom is -0.494 e. The van der Waals surface area contributed by atoms with Crippen LogP contribution in [0.4, 0.5) is 20.3 Å². The molecule has 1 fully saturated rings. The summed E-state index contributed by atoms with van der Waals surface area (Å²) in [4.78, 5) is 25.1. The van der Waals surface area contributed by atoms with Crippen molar-refractivity contribution in [3.8, 4) is 5.75 Å². The zero-order valence-electron chi connectivity index (χ0n) is 18.2. The number of nitrogens with zero attached hydrogens (tertiary/aromatic N) is 5. The summed E-state index contributed by atoms with van der Waals surface area (Å²) in [6.07, 6.45) is 3.10. The van der Waals surface area contributed by atoms with Crippen LogP contribution in [0.1, 0.15) is 23.3 Å². The summed E-state index contributed by atoms with van der Waals surface area (Å²) in [6, 6.07) is 3.77. The average molecular weight is 503 g/mol. The highest BCUT2D eigenvalue weighted by atomic mass is 32.1. The first-order valence-electron chi connectivity index (χ1n) is 10.9. The van der Waals surface area contributed by atoms with Crippen molar-refractivity contribution in [1.82, 2.24) is 24.5 Å². The number of hydrogen-bond donors (Lipinski definition) is 1. The number of carbonyl (C=O) groups excluding carboxylic acids is 1. The van der Waals surface area contributed by atoms with Gasteiger partial charge in [-0.3, -0.25) is 4.79 Å². The number of likely N-dealkylation sites (tertiary alicyclic amines) is 1. The van der Waals surface area contributed by atoms with E-state index in [4.69, 9.17) is 4.74 Å². The first kappa shape index (κ1) is 21.5. The van der Waals surface area contributed by atoms with E-state index < -0.39 is 12.5 Å². The molecule has 34 heavy (non-hydrogen) atoms. The van der Waals surface area contributed by atoms with Crippen LogP contribution in [-0.2, 0) is 17.6 Å². The Kier molecular flexibility index (Phi) is 5.10. The number of thiophene rings is 1. The molecule has 1 N–H and O–H groups in total.